The van der Waals surface area contributed by atoms with Gasteiger partial charge in [0.25, 0.3) is 0 Å². The Morgan fingerprint density at radius 3 is 2.62 bits per heavy atom. The van der Waals surface area contributed by atoms with Gasteiger partial charge in [-0.15, -0.1) is 0 Å². The van der Waals surface area contributed by atoms with Crippen molar-refractivity contribution >= 4 is 21.7 Å². The molecule has 3 fully saturated rings. The standard InChI is InChI=1S/C30H32N2O2/c1-3-19-18-32-13-11-22(19)15-28(32)30(26-14-20-6-4-5-7-21(20)16-29(26)33)24-10-12-31-27-9-8-23(34-2)17-25(24)27/h4-10,12,14,16-17,19,22,28,30,33H,3,11,13,15,18H2,1-2H3/t19-,22-,28-,30+/m0/s1. The molecular formula is C30H32N2O2. The molecule has 34 heavy (non-hydrogen) atoms. The molecule has 7 rings (SSSR count). The summed E-state index contributed by atoms with van der Waals surface area (Å²) in [6.45, 7) is 4.63. The molecule has 174 valence electrons. The fourth-order valence-corrected chi connectivity index (χ4v) is 6.61. The number of hydrogen-bond donors (Lipinski definition) is 1. The number of methoxy groups -OCH3 is 1. The molecule has 5 atom stereocenters. The number of phenols is 1. The van der Waals surface area contributed by atoms with Crippen LogP contribution in [0.3, 0.4) is 0 Å². The summed E-state index contributed by atoms with van der Waals surface area (Å²) in [5.74, 6) is 2.81. The molecule has 0 aliphatic carbocycles. The van der Waals surface area contributed by atoms with E-state index in [1.54, 1.807) is 7.11 Å². The Hall–Kier alpha value is -3.11. The highest BCUT2D eigenvalue weighted by Crippen LogP contribution is 2.48. The zero-order chi connectivity index (χ0) is 23.2. The van der Waals surface area contributed by atoms with Gasteiger partial charge in [-0.05, 0) is 84.0 Å². The lowest BCUT2D eigenvalue weighted by Crippen LogP contribution is -2.55. The van der Waals surface area contributed by atoms with Gasteiger partial charge in [0.1, 0.15) is 11.5 Å². The van der Waals surface area contributed by atoms with Crippen molar-refractivity contribution in [3.63, 3.8) is 0 Å². The summed E-state index contributed by atoms with van der Waals surface area (Å²) >= 11 is 0. The van der Waals surface area contributed by atoms with E-state index in [1.165, 1.54) is 30.2 Å². The van der Waals surface area contributed by atoms with Gasteiger partial charge in [-0.2, -0.15) is 0 Å². The average Bonchev–Trinajstić information content (AvgIpc) is 2.89. The minimum atomic E-state index is 0.0582. The zero-order valence-electron chi connectivity index (χ0n) is 19.9. The smallest absolute Gasteiger partial charge is 0.120 e. The van der Waals surface area contributed by atoms with Crippen LogP contribution in [0.4, 0.5) is 0 Å². The van der Waals surface area contributed by atoms with Gasteiger partial charge in [0, 0.05) is 35.7 Å². The summed E-state index contributed by atoms with van der Waals surface area (Å²) in [6, 6.07) is 21.1. The largest absolute Gasteiger partial charge is 0.508 e. The molecule has 0 radical (unpaired) electrons. The molecule has 4 heteroatoms. The zero-order valence-corrected chi connectivity index (χ0v) is 19.9. The molecule has 4 nitrogen and oxygen atoms in total. The highest BCUT2D eigenvalue weighted by molar-refractivity contribution is 5.87. The summed E-state index contributed by atoms with van der Waals surface area (Å²) in [4.78, 5) is 7.35. The van der Waals surface area contributed by atoms with E-state index in [2.05, 4.69) is 53.2 Å². The highest BCUT2D eigenvalue weighted by atomic mass is 16.5. The minimum absolute atomic E-state index is 0.0582. The van der Waals surface area contributed by atoms with Crippen molar-refractivity contribution in [2.45, 2.75) is 38.1 Å². The Kier molecular flexibility index (Phi) is 5.41. The molecule has 3 aliphatic rings. The van der Waals surface area contributed by atoms with Crippen molar-refractivity contribution in [2.24, 2.45) is 11.8 Å². The number of aromatic nitrogens is 1. The molecule has 1 aromatic heterocycles. The van der Waals surface area contributed by atoms with Gasteiger partial charge < -0.3 is 9.84 Å². The van der Waals surface area contributed by atoms with E-state index in [-0.39, 0.29) is 5.92 Å². The fourth-order valence-electron chi connectivity index (χ4n) is 6.61. The quantitative estimate of drug-likeness (QED) is 0.383. The first-order valence-corrected chi connectivity index (χ1v) is 12.5. The summed E-state index contributed by atoms with van der Waals surface area (Å²) in [5, 5.41) is 14.7. The summed E-state index contributed by atoms with van der Waals surface area (Å²) in [5.41, 5.74) is 3.20. The molecule has 0 amide bonds. The van der Waals surface area contributed by atoms with Crippen molar-refractivity contribution in [3.05, 3.63) is 78.0 Å². The molecule has 1 N–H and O–H groups in total. The maximum Gasteiger partial charge on any atom is 0.120 e. The fraction of sp³-hybridized carbons (Fsp3) is 0.367. The molecule has 2 bridgehead atoms. The molecule has 3 aromatic carbocycles. The van der Waals surface area contributed by atoms with E-state index < -0.39 is 0 Å². The summed E-state index contributed by atoms with van der Waals surface area (Å²) in [6.07, 6.45) is 5.62. The van der Waals surface area contributed by atoms with Gasteiger partial charge in [-0.1, -0.05) is 37.6 Å². The van der Waals surface area contributed by atoms with E-state index in [9.17, 15) is 5.11 Å². The first-order valence-electron chi connectivity index (χ1n) is 12.5. The number of phenolic OH excluding ortho intramolecular Hbond substituents is 1. The van der Waals surface area contributed by atoms with Crippen molar-refractivity contribution < 1.29 is 9.84 Å². The molecule has 3 saturated heterocycles. The number of rotatable bonds is 5. The van der Waals surface area contributed by atoms with Crippen LogP contribution in [0, 0.1) is 11.8 Å². The van der Waals surface area contributed by atoms with Crippen LogP contribution >= 0.6 is 0 Å². The Balaban J connectivity index is 1.57. The third-order valence-corrected chi connectivity index (χ3v) is 8.39. The second kappa shape index (κ2) is 8.59. The van der Waals surface area contributed by atoms with E-state index in [0.29, 0.717) is 11.8 Å². The molecule has 4 heterocycles. The summed E-state index contributed by atoms with van der Waals surface area (Å²) in [7, 11) is 1.71. The van der Waals surface area contributed by atoms with Crippen molar-refractivity contribution in [1.82, 2.24) is 9.88 Å². The molecular weight excluding hydrogens is 420 g/mol. The van der Waals surface area contributed by atoms with Crippen LogP contribution in [0.5, 0.6) is 11.5 Å². The number of pyridine rings is 1. The van der Waals surface area contributed by atoms with Gasteiger partial charge in [-0.25, -0.2) is 0 Å². The lowest BCUT2D eigenvalue weighted by Gasteiger charge is -2.52. The third-order valence-electron chi connectivity index (χ3n) is 8.39. The number of hydrogen-bond acceptors (Lipinski definition) is 4. The predicted octanol–water partition coefficient (Wildman–Crippen LogP) is 6.35. The second-order valence-electron chi connectivity index (χ2n) is 10.0. The minimum Gasteiger partial charge on any atom is -0.508 e. The van der Waals surface area contributed by atoms with Gasteiger partial charge in [-0.3, -0.25) is 9.88 Å². The lowest BCUT2D eigenvalue weighted by atomic mass is 9.68. The van der Waals surface area contributed by atoms with Crippen LogP contribution < -0.4 is 4.74 Å². The van der Waals surface area contributed by atoms with Crippen LogP contribution in [0.25, 0.3) is 21.7 Å². The van der Waals surface area contributed by atoms with E-state index >= 15 is 0 Å². The topological polar surface area (TPSA) is 45.6 Å². The van der Waals surface area contributed by atoms with Crippen LogP contribution in [0.2, 0.25) is 0 Å². The van der Waals surface area contributed by atoms with Gasteiger partial charge >= 0.3 is 0 Å². The van der Waals surface area contributed by atoms with E-state index in [4.69, 9.17) is 4.74 Å². The number of ether oxygens (including phenoxy) is 1. The van der Waals surface area contributed by atoms with Crippen LogP contribution in [0.1, 0.15) is 43.2 Å². The first-order chi connectivity index (χ1) is 16.7. The van der Waals surface area contributed by atoms with Crippen LogP contribution in [0.15, 0.2) is 66.9 Å². The SMILES string of the molecule is CC[C@H]1CN2CC[C@H]1C[C@H]2[C@@H](c1cc2ccccc2cc1O)c1ccnc2ccc(OC)cc12. The van der Waals surface area contributed by atoms with Crippen molar-refractivity contribution in [1.29, 1.82) is 0 Å². The van der Waals surface area contributed by atoms with Crippen LogP contribution in [-0.2, 0) is 0 Å². The number of aromatic hydroxyl groups is 1. The maximum absolute atomic E-state index is 11.4. The number of nitrogens with zero attached hydrogens (tertiary/aromatic N) is 2. The van der Waals surface area contributed by atoms with E-state index in [1.807, 2.05) is 30.5 Å². The van der Waals surface area contributed by atoms with Crippen LogP contribution in [-0.4, -0.2) is 41.2 Å². The number of benzene rings is 3. The predicted molar refractivity (Wildman–Crippen MR) is 138 cm³/mol. The van der Waals surface area contributed by atoms with Gasteiger partial charge in [0.15, 0.2) is 0 Å². The van der Waals surface area contributed by atoms with Crippen molar-refractivity contribution in [2.75, 3.05) is 20.2 Å². The molecule has 0 saturated carbocycles. The molecule has 4 aromatic rings. The lowest BCUT2D eigenvalue weighted by molar-refractivity contribution is -0.00658. The number of fused-ring (bicyclic) bond motifs is 5. The Labute approximate surface area is 201 Å². The average molecular weight is 453 g/mol. The van der Waals surface area contributed by atoms with Gasteiger partial charge in [0.2, 0.25) is 0 Å². The van der Waals surface area contributed by atoms with Gasteiger partial charge in [0.05, 0.1) is 12.6 Å². The summed E-state index contributed by atoms with van der Waals surface area (Å²) < 4.78 is 5.58. The normalized spacial score (nSPS) is 25.0. The van der Waals surface area contributed by atoms with Crippen molar-refractivity contribution in [3.8, 4) is 11.5 Å². The Bertz CT molecular complexity index is 1350. The molecule has 3 aliphatic heterocycles. The molecule has 0 spiro atoms. The first kappa shape index (κ1) is 21.4. The Morgan fingerprint density at radius 1 is 1.06 bits per heavy atom. The third kappa shape index (κ3) is 3.52. The number of piperidine rings is 3. The maximum atomic E-state index is 11.4. The monoisotopic (exact) mass is 452 g/mol. The highest BCUT2D eigenvalue weighted by Gasteiger charge is 2.44. The second-order valence-corrected chi connectivity index (χ2v) is 10.0. The molecule has 1 unspecified atom stereocenters. The Morgan fingerprint density at radius 2 is 1.88 bits per heavy atom. The van der Waals surface area contributed by atoms with E-state index in [0.717, 1.165) is 52.5 Å².